The van der Waals surface area contributed by atoms with Crippen molar-refractivity contribution in [1.82, 2.24) is 4.90 Å². The lowest BCUT2D eigenvalue weighted by atomic mass is 10.1. The number of benzene rings is 1. The van der Waals surface area contributed by atoms with Crippen LogP contribution in [0.25, 0.3) is 0 Å². The van der Waals surface area contributed by atoms with Gasteiger partial charge in [-0.1, -0.05) is 12.1 Å². The van der Waals surface area contributed by atoms with E-state index in [4.69, 9.17) is 9.52 Å². The quantitative estimate of drug-likeness (QED) is 0.847. The van der Waals surface area contributed by atoms with Gasteiger partial charge in [0, 0.05) is 25.3 Å². The summed E-state index contributed by atoms with van der Waals surface area (Å²) < 4.78 is 5.25. The zero-order chi connectivity index (χ0) is 16.9. The Kier molecular flexibility index (Phi) is 4.96. The molecule has 1 saturated heterocycles. The number of nitrogens with zero attached hydrogens (tertiary/aromatic N) is 1. The minimum absolute atomic E-state index is 0.0372. The fraction of sp³-hybridized carbons (Fsp3) is 0.333. The topological polar surface area (TPSA) is 82.8 Å². The molecule has 6 heteroatoms. The average Bonchev–Trinajstić information content (AvgIpc) is 3.20. The van der Waals surface area contributed by atoms with Crippen LogP contribution in [0, 0.1) is 5.92 Å². The number of furan rings is 1. The van der Waals surface area contributed by atoms with Gasteiger partial charge in [-0.05, 0) is 36.2 Å². The number of carbonyl (C=O) groups is 2. The lowest BCUT2D eigenvalue weighted by Gasteiger charge is -2.15. The summed E-state index contributed by atoms with van der Waals surface area (Å²) in [5.41, 5.74) is 1.70. The highest BCUT2D eigenvalue weighted by atomic mass is 16.3. The van der Waals surface area contributed by atoms with Crippen molar-refractivity contribution in [1.29, 1.82) is 0 Å². The number of aliphatic hydroxyl groups excluding tert-OH is 1. The third-order valence-corrected chi connectivity index (χ3v) is 4.13. The van der Waals surface area contributed by atoms with E-state index in [1.54, 1.807) is 29.4 Å². The van der Waals surface area contributed by atoms with Crippen LogP contribution in [0.15, 0.2) is 47.1 Å². The minimum atomic E-state index is -0.357. The molecule has 0 bridgehead atoms. The maximum atomic E-state index is 12.4. The van der Waals surface area contributed by atoms with Crippen LogP contribution in [0.2, 0.25) is 0 Å². The monoisotopic (exact) mass is 328 g/mol. The number of likely N-dealkylation sites (tertiary alicyclic amines) is 1. The van der Waals surface area contributed by atoms with Gasteiger partial charge in [-0.25, -0.2) is 0 Å². The normalized spacial score (nSPS) is 17.3. The second-order valence-corrected chi connectivity index (χ2v) is 5.91. The van der Waals surface area contributed by atoms with Crippen molar-refractivity contribution in [3.8, 4) is 0 Å². The largest absolute Gasteiger partial charge is 0.467 e. The van der Waals surface area contributed by atoms with E-state index in [0.29, 0.717) is 31.0 Å². The van der Waals surface area contributed by atoms with Gasteiger partial charge in [-0.3, -0.25) is 9.59 Å². The maximum absolute atomic E-state index is 12.4. The van der Waals surface area contributed by atoms with E-state index in [-0.39, 0.29) is 30.8 Å². The molecule has 0 radical (unpaired) electrons. The summed E-state index contributed by atoms with van der Waals surface area (Å²) in [6.07, 6.45) is 2.38. The molecule has 1 atom stereocenters. The summed E-state index contributed by atoms with van der Waals surface area (Å²) in [6.45, 7) is 0.890. The van der Waals surface area contributed by atoms with Crippen molar-refractivity contribution < 1.29 is 19.1 Å². The van der Waals surface area contributed by atoms with Gasteiger partial charge >= 0.3 is 0 Å². The highest BCUT2D eigenvalue weighted by molar-refractivity contribution is 5.97. The molecule has 24 heavy (non-hydrogen) atoms. The van der Waals surface area contributed by atoms with Crippen LogP contribution >= 0.6 is 0 Å². The molecule has 1 unspecified atom stereocenters. The fourth-order valence-electron chi connectivity index (χ4n) is 2.82. The number of rotatable bonds is 6. The van der Waals surface area contributed by atoms with Gasteiger partial charge in [0.15, 0.2) is 0 Å². The molecule has 126 valence electrons. The third kappa shape index (κ3) is 3.83. The molecule has 1 aliphatic rings. The number of aliphatic hydroxyl groups is 1. The molecule has 2 amide bonds. The first-order chi connectivity index (χ1) is 11.7. The number of nitrogens with one attached hydrogen (secondary N) is 1. The summed E-state index contributed by atoms with van der Waals surface area (Å²) in [4.78, 5) is 26.1. The van der Waals surface area contributed by atoms with Crippen molar-refractivity contribution in [3.05, 3.63) is 54.0 Å². The number of amides is 2. The molecule has 0 spiro atoms. The molecule has 0 saturated carbocycles. The lowest BCUT2D eigenvalue weighted by Crippen LogP contribution is -2.27. The number of hydrogen-bond donors (Lipinski definition) is 2. The highest BCUT2D eigenvalue weighted by Crippen LogP contribution is 2.22. The Balaban J connectivity index is 1.56. The molecule has 0 aliphatic carbocycles. The zero-order valence-electron chi connectivity index (χ0n) is 13.3. The molecule has 6 nitrogen and oxygen atoms in total. The van der Waals surface area contributed by atoms with Gasteiger partial charge in [-0.15, -0.1) is 0 Å². The van der Waals surface area contributed by atoms with Gasteiger partial charge in [0.25, 0.3) is 0 Å². The Morgan fingerprint density at radius 1 is 1.29 bits per heavy atom. The average molecular weight is 328 g/mol. The number of anilines is 1. The van der Waals surface area contributed by atoms with Crippen molar-refractivity contribution in [2.24, 2.45) is 5.92 Å². The molecule has 2 aromatic rings. The van der Waals surface area contributed by atoms with Crippen LogP contribution in [-0.2, 0) is 22.6 Å². The van der Waals surface area contributed by atoms with Crippen LogP contribution in [-0.4, -0.2) is 35.0 Å². The second kappa shape index (κ2) is 7.31. The van der Waals surface area contributed by atoms with Gasteiger partial charge in [0.2, 0.25) is 11.8 Å². The standard InChI is InChI=1S/C18H20N2O4/c21-8-7-13-3-5-15(6-4-13)19-18(23)14-10-17(22)20(11-14)12-16-2-1-9-24-16/h1-6,9,14,21H,7-8,10-12H2,(H,19,23). The van der Waals surface area contributed by atoms with Crippen molar-refractivity contribution >= 4 is 17.5 Å². The Morgan fingerprint density at radius 3 is 2.75 bits per heavy atom. The van der Waals surface area contributed by atoms with Crippen LogP contribution in [0.1, 0.15) is 17.7 Å². The predicted molar refractivity (Wildman–Crippen MR) is 88.1 cm³/mol. The molecular weight excluding hydrogens is 308 g/mol. The number of carbonyl (C=O) groups excluding carboxylic acids is 2. The molecule has 1 aromatic carbocycles. The molecule has 1 aromatic heterocycles. The van der Waals surface area contributed by atoms with E-state index >= 15 is 0 Å². The summed E-state index contributed by atoms with van der Waals surface area (Å²) in [5.74, 6) is 0.165. The highest BCUT2D eigenvalue weighted by Gasteiger charge is 2.34. The Hall–Kier alpha value is -2.60. The second-order valence-electron chi connectivity index (χ2n) is 5.91. The first-order valence-corrected chi connectivity index (χ1v) is 7.96. The fourth-order valence-corrected chi connectivity index (χ4v) is 2.82. The van der Waals surface area contributed by atoms with E-state index in [1.165, 1.54) is 0 Å². The van der Waals surface area contributed by atoms with Gasteiger partial charge in [0.05, 0.1) is 18.7 Å². The van der Waals surface area contributed by atoms with Crippen molar-refractivity contribution in [3.63, 3.8) is 0 Å². The van der Waals surface area contributed by atoms with Crippen LogP contribution < -0.4 is 5.32 Å². The van der Waals surface area contributed by atoms with Crippen LogP contribution in [0.5, 0.6) is 0 Å². The molecule has 3 rings (SSSR count). The van der Waals surface area contributed by atoms with E-state index in [0.717, 1.165) is 5.56 Å². The van der Waals surface area contributed by atoms with Crippen LogP contribution in [0.4, 0.5) is 5.69 Å². The summed E-state index contributed by atoms with van der Waals surface area (Å²) in [7, 11) is 0. The van der Waals surface area contributed by atoms with Crippen molar-refractivity contribution in [2.45, 2.75) is 19.4 Å². The summed E-state index contributed by atoms with van der Waals surface area (Å²) in [5, 5.41) is 11.8. The summed E-state index contributed by atoms with van der Waals surface area (Å²) >= 11 is 0. The molecule has 2 heterocycles. The third-order valence-electron chi connectivity index (χ3n) is 4.13. The van der Waals surface area contributed by atoms with Crippen LogP contribution in [0.3, 0.4) is 0 Å². The van der Waals surface area contributed by atoms with E-state index in [1.807, 2.05) is 18.2 Å². The molecule has 2 N–H and O–H groups in total. The van der Waals surface area contributed by atoms with Gasteiger partial charge in [0.1, 0.15) is 5.76 Å². The zero-order valence-corrected chi connectivity index (χ0v) is 13.3. The molecule has 1 fully saturated rings. The molecule has 1 aliphatic heterocycles. The van der Waals surface area contributed by atoms with Gasteiger partial charge in [-0.2, -0.15) is 0 Å². The Labute approximate surface area is 140 Å². The van der Waals surface area contributed by atoms with Gasteiger partial charge < -0.3 is 19.7 Å². The predicted octanol–water partition coefficient (Wildman–Crippen LogP) is 1.80. The van der Waals surface area contributed by atoms with E-state index in [2.05, 4.69) is 5.32 Å². The smallest absolute Gasteiger partial charge is 0.229 e. The first-order valence-electron chi connectivity index (χ1n) is 7.96. The van der Waals surface area contributed by atoms with E-state index in [9.17, 15) is 9.59 Å². The maximum Gasteiger partial charge on any atom is 0.229 e. The van der Waals surface area contributed by atoms with Crippen molar-refractivity contribution in [2.75, 3.05) is 18.5 Å². The lowest BCUT2D eigenvalue weighted by molar-refractivity contribution is -0.128. The summed E-state index contributed by atoms with van der Waals surface area (Å²) in [6, 6.07) is 10.9. The van der Waals surface area contributed by atoms with E-state index < -0.39 is 0 Å². The SMILES string of the molecule is O=C(Nc1ccc(CCO)cc1)C1CC(=O)N(Cc2ccco2)C1. The Bertz CT molecular complexity index is 694. The minimum Gasteiger partial charge on any atom is -0.467 e. The first kappa shape index (κ1) is 16.3. The Morgan fingerprint density at radius 2 is 2.08 bits per heavy atom. The molecular formula is C18H20N2O4. The number of hydrogen-bond acceptors (Lipinski definition) is 4.